The fraction of sp³-hybridized carbons (Fsp3) is 0.250. The monoisotopic (exact) mass is 591 g/mol. The lowest BCUT2D eigenvalue weighted by Crippen LogP contribution is -2.21. The number of nitrogens with zero attached hydrogens (tertiary/aromatic N) is 5. The Hall–Kier alpha value is -4.19. The van der Waals surface area contributed by atoms with Gasteiger partial charge in [-0.25, -0.2) is 4.68 Å². The second kappa shape index (κ2) is 11.7. The number of aromatic nitrogens is 6. The van der Waals surface area contributed by atoms with Crippen molar-refractivity contribution in [1.82, 2.24) is 29.9 Å². The molecule has 3 aromatic heterocycles. The van der Waals surface area contributed by atoms with Crippen molar-refractivity contribution in [2.24, 2.45) is 0 Å². The third-order valence-electron chi connectivity index (χ3n) is 6.77. The zero-order valence-corrected chi connectivity index (χ0v) is 23.6. The van der Waals surface area contributed by atoms with E-state index in [0.717, 1.165) is 29.5 Å². The minimum atomic E-state index is -0.321. The molecule has 0 radical (unpaired) electrons. The number of aromatic amines is 1. The maximum Gasteiger partial charge on any atom is 0.257 e. The number of carbonyl (C=O) groups is 1. The minimum absolute atomic E-state index is 0.183. The summed E-state index contributed by atoms with van der Waals surface area (Å²) in [4.78, 5) is 22.5. The van der Waals surface area contributed by atoms with Crippen molar-refractivity contribution in [3.05, 3.63) is 81.6 Å². The van der Waals surface area contributed by atoms with Gasteiger partial charge in [0.05, 0.1) is 28.2 Å². The van der Waals surface area contributed by atoms with Crippen LogP contribution >= 0.6 is 23.2 Å². The van der Waals surface area contributed by atoms with Crippen LogP contribution in [-0.4, -0.2) is 49.1 Å². The van der Waals surface area contributed by atoms with Crippen molar-refractivity contribution < 1.29 is 9.53 Å². The molecule has 1 amide bonds. The Morgan fingerprint density at radius 1 is 1.10 bits per heavy atom. The first kappa shape index (κ1) is 27.0. The van der Waals surface area contributed by atoms with Crippen LogP contribution in [0, 0.1) is 6.92 Å². The number of anilines is 4. The molecule has 5 aromatic rings. The Bertz CT molecular complexity index is 1700. The number of nitrogens with one attached hydrogen (secondary N) is 4. The van der Waals surface area contributed by atoms with E-state index in [4.69, 9.17) is 37.9 Å². The molecule has 0 saturated carbocycles. The number of halogens is 2. The van der Waals surface area contributed by atoms with Crippen LogP contribution in [0.25, 0.3) is 11.0 Å². The van der Waals surface area contributed by atoms with E-state index >= 15 is 0 Å². The summed E-state index contributed by atoms with van der Waals surface area (Å²) in [5.74, 6) is 1.31. The van der Waals surface area contributed by atoms with Crippen molar-refractivity contribution in [3.63, 3.8) is 0 Å². The predicted molar refractivity (Wildman–Crippen MR) is 159 cm³/mol. The summed E-state index contributed by atoms with van der Waals surface area (Å²) in [6.45, 7) is 3.66. The number of hydrogen-bond acceptors (Lipinski definition) is 8. The van der Waals surface area contributed by atoms with Crippen LogP contribution in [-0.2, 0) is 11.3 Å². The first-order chi connectivity index (χ1) is 19.9. The largest absolute Gasteiger partial charge is 0.381 e. The summed E-state index contributed by atoms with van der Waals surface area (Å²) in [5.41, 5.74) is 3.44. The van der Waals surface area contributed by atoms with Crippen molar-refractivity contribution >= 4 is 63.4 Å². The fourth-order valence-electron chi connectivity index (χ4n) is 4.67. The number of carbonyl (C=O) groups excluding carboxylic acids is 1. The first-order valence-corrected chi connectivity index (χ1v) is 13.9. The Balaban J connectivity index is 1.26. The number of fused-ring (bicyclic) bond motifs is 1. The molecule has 1 aliphatic heterocycles. The second-order valence-corrected chi connectivity index (χ2v) is 10.6. The summed E-state index contributed by atoms with van der Waals surface area (Å²) in [5, 5.41) is 23.0. The summed E-state index contributed by atoms with van der Waals surface area (Å²) in [6, 6.07) is 14.3. The molecule has 6 rings (SSSR count). The number of benzene rings is 2. The standard InChI is InChI=1S/C28H27Cl2N9O2/c1-16-12-24(38-37-16)34-25-22-15-32-39(20-8-10-41-11-9-20)26(22)36-28(35-25)31-14-17-2-7-23(30)21(13-17)27(40)33-19-5-3-18(29)4-6-19/h2-7,12-13,15,20H,8-11,14H2,1H3,(H,33,40)(H3,31,34,35,36,37,38). The van der Waals surface area contributed by atoms with Crippen LogP contribution in [0.1, 0.15) is 40.5 Å². The highest BCUT2D eigenvalue weighted by Crippen LogP contribution is 2.30. The number of hydrogen-bond donors (Lipinski definition) is 4. The Kier molecular flexibility index (Phi) is 7.73. The molecule has 1 fully saturated rings. The topological polar surface area (TPSA) is 135 Å². The highest BCUT2D eigenvalue weighted by Gasteiger charge is 2.22. The van der Waals surface area contributed by atoms with Gasteiger partial charge in [-0.1, -0.05) is 29.3 Å². The van der Waals surface area contributed by atoms with E-state index in [9.17, 15) is 4.79 Å². The third kappa shape index (κ3) is 6.12. The lowest BCUT2D eigenvalue weighted by atomic mass is 10.1. The molecular weight excluding hydrogens is 565 g/mol. The zero-order valence-electron chi connectivity index (χ0n) is 22.1. The molecule has 1 aliphatic rings. The van der Waals surface area contributed by atoms with E-state index in [0.29, 0.717) is 64.3 Å². The Morgan fingerprint density at radius 3 is 2.66 bits per heavy atom. The zero-order chi connectivity index (χ0) is 28.3. The number of ether oxygens (including phenoxy) is 1. The van der Waals surface area contributed by atoms with E-state index < -0.39 is 0 Å². The summed E-state index contributed by atoms with van der Waals surface area (Å²) in [6.07, 6.45) is 3.49. The van der Waals surface area contributed by atoms with Crippen molar-refractivity contribution in [2.45, 2.75) is 32.4 Å². The molecule has 13 heteroatoms. The van der Waals surface area contributed by atoms with Crippen LogP contribution < -0.4 is 16.0 Å². The SMILES string of the molecule is Cc1cc(Nc2nc(NCc3ccc(Cl)c(C(=O)Nc4ccc(Cl)cc4)c3)nc3c2cnn3C2CCOCC2)n[nH]1. The molecule has 0 unspecified atom stereocenters. The summed E-state index contributed by atoms with van der Waals surface area (Å²) < 4.78 is 7.50. The molecule has 0 atom stereocenters. The van der Waals surface area contributed by atoms with Crippen molar-refractivity contribution in [1.29, 1.82) is 0 Å². The van der Waals surface area contributed by atoms with Gasteiger partial charge in [-0.05, 0) is 61.7 Å². The Labute approximate surface area is 245 Å². The van der Waals surface area contributed by atoms with Gasteiger partial charge in [-0.15, -0.1) is 0 Å². The van der Waals surface area contributed by atoms with E-state index in [1.165, 1.54) is 0 Å². The van der Waals surface area contributed by atoms with Gasteiger partial charge in [-0.3, -0.25) is 9.89 Å². The molecule has 1 saturated heterocycles. The average molecular weight is 592 g/mol. The van der Waals surface area contributed by atoms with Gasteiger partial charge in [-0.2, -0.15) is 20.2 Å². The molecule has 0 bridgehead atoms. The first-order valence-electron chi connectivity index (χ1n) is 13.1. The van der Waals surface area contributed by atoms with Crippen LogP contribution in [0.5, 0.6) is 0 Å². The molecule has 210 valence electrons. The molecule has 4 N–H and O–H groups in total. The van der Waals surface area contributed by atoms with E-state index in [2.05, 4.69) is 31.2 Å². The molecule has 2 aromatic carbocycles. The molecule has 0 spiro atoms. The Morgan fingerprint density at radius 2 is 1.90 bits per heavy atom. The van der Waals surface area contributed by atoms with Crippen LogP contribution in [0.2, 0.25) is 10.0 Å². The van der Waals surface area contributed by atoms with E-state index in [-0.39, 0.29) is 11.9 Å². The number of H-pyrrole nitrogens is 1. The molecule has 11 nitrogen and oxygen atoms in total. The summed E-state index contributed by atoms with van der Waals surface area (Å²) >= 11 is 12.3. The van der Waals surface area contributed by atoms with Crippen molar-refractivity contribution in [2.75, 3.05) is 29.2 Å². The maximum atomic E-state index is 13.0. The van der Waals surface area contributed by atoms with Gasteiger partial charge in [0.1, 0.15) is 5.82 Å². The number of rotatable bonds is 8. The summed E-state index contributed by atoms with van der Waals surface area (Å²) in [7, 11) is 0. The predicted octanol–water partition coefficient (Wildman–Crippen LogP) is 6.12. The molecular formula is C28H27Cl2N9O2. The smallest absolute Gasteiger partial charge is 0.257 e. The quantitative estimate of drug-likeness (QED) is 0.169. The highest BCUT2D eigenvalue weighted by molar-refractivity contribution is 6.34. The van der Waals surface area contributed by atoms with Crippen LogP contribution in [0.15, 0.2) is 54.7 Å². The van der Waals surface area contributed by atoms with Gasteiger partial charge in [0.25, 0.3) is 5.91 Å². The van der Waals surface area contributed by atoms with E-state index in [1.807, 2.05) is 23.7 Å². The molecule has 41 heavy (non-hydrogen) atoms. The number of aryl methyl sites for hydroxylation is 1. The normalized spacial score (nSPS) is 13.8. The third-order valence-corrected chi connectivity index (χ3v) is 7.35. The van der Waals surface area contributed by atoms with Gasteiger partial charge in [0.2, 0.25) is 5.95 Å². The van der Waals surface area contributed by atoms with Gasteiger partial charge < -0.3 is 20.7 Å². The van der Waals surface area contributed by atoms with Crippen LogP contribution in [0.4, 0.5) is 23.3 Å². The fourth-order valence-corrected chi connectivity index (χ4v) is 5.00. The van der Waals surface area contributed by atoms with Gasteiger partial charge in [0, 0.05) is 42.2 Å². The molecule has 0 aliphatic carbocycles. The van der Waals surface area contributed by atoms with Crippen molar-refractivity contribution in [3.8, 4) is 0 Å². The highest BCUT2D eigenvalue weighted by atomic mass is 35.5. The lowest BCUT2D eigenvalue weighted by molar-refractivity contribution is 0.0673. The lowest BCUT2D eigenvalue weighted by Gasteiger charge is -2.22. The van der Waals surface area contributed by atoms with Crippen LogP contribution in [0.3, 0.4) is 0 Å². The molecule has 4 heterocycles. The van der Waals surface area contributed by atoms with E-state index in [1.54, 1.807) is 42.6 Å². The van der Waals surface area contributed by atoms with Gasteiger partial charge >= 0.3 is 0 Å². The maximum absolute atomic E-state index is 13.0. The minimum Gasteiger partial charge on any atom is -0.381 e. The average Bonchev–Trinajstić information content (AvgIpc) is 3.60. The number of amides is 1. The second-order valence-electron chi connectivity index (χ2n) is 9.76. The van der Waals surface area contributed by atoms with Gasteiger partial charge in [0.15, 0.2) is 11.5 Å².